The zero-order valence-electron chi connectivity index (χ0n) is 32.6. The van der Waals surface area contributed by atoms with Gasteiger partial charge in [-0.15, -0.1) is 0 Å². The molecular weight excluding hydrogens is 692 g/mol. The molecule has 3 rings (SSSR count). The van der Waals surface area contributed by atoms with E-state index in [1.807, 2.05) is 20.8 Å². The Morgan fingerprint density at radius 3 is 1.38 bits per heavy atom. The average molecular weight is 752 g/mol. The number of piperidine rings is 3. The highest BCUT2D eigenvalue weighted by Gasteiger charge is 2.46. The van der Waals surface area contributed by atoms with Crippen molar-refractivity contribution in [2.75, 3.05) is 53.5 Å². The first-order valence-corrected chi connectivity index (χ1v) is 17.4. The third-order valence-corrected chi connectivity index (χ3v) is 7.73. The molecule has 0 aromatic rings. The second-order valence-corrected chi connectivity index (χ2v) is 16.0. The van der Waals surface area contributed by atoms with Crippen molar-refractivity contribution in [1.29, 1.82) is 0 Å². The van der Waals surface area contributed by atoms with Gasteiger partial charge in [0.1, 0.15) is 16.8 Å². The summed E-state index contributed by atoms with van der Waals surface area (Å²) in [6.45, 7) is 16.8. The van der Waals surface area contributed by atoms with E-state index in [0.29, 0.717) is 39.0 Å². The topological polar surface area (TPSA) is 179 Å². The van der Waals surface area contributed by atoms with E-state index >= 15 is 0 Å². The number of halogens is 2. The number of carboxylic acid groups (broad SMARTS) is 1. The Hall–Kier alpha value is -3.92. The maximum absolute atomic E-state index is 14.3. The van der Waals surface area contributed by atoms with Crippen molar-refractivity contribution in [3.8, 4) is 0 Å². The largest absolute Gasteiger partial charge is 0.479 e. The van der Waals surface area contributed by atoms with E-state index in [4.69, 9.17) is 24.1 Å². The Morgan fingerprint density at radius 2 is 1.00 bits per heavy atom. The number of esters is 2. The Bertz CT molecular complexity index is 1260. The van der Waals surface area contributed by atoms with Crippen LogP contribution in [0.25, 0.3) is 0 Å². The van der Waals surface area contributed by atoms with E-state index in [9.17, 15) is 37.5 Å². The van der Waals surface area contributed by atoms with Gasteiger partial charge >= 0.3 is 36.2 Å². The van der Waals surface area contributed by atoms with Gasteiger partial charge in [0, 0.05) is 26.2 Å². The molecule has 0 saturated carbocycles. The average Bonchev–Trinajstić information content (AvgIpc) is 3.02. The van der Waals surface area contributed by atoms with Crippen molar-refractivity contribution in [2.24, 2.45) is 5.92 Å². The molecule has 0 bridgehead atoms. The summed E-state index contributed by atoms with van der Waals surface area (Å²) < 4.78 is 52.8. The molecule has 3 fully saturated rings. The molecule has 3 heterocycles. The Kier molecular flexibility index (Phi) is 16.6. The predicted molar refractivity (Wildman–Crippen MR) is 184 cm³/mol. The number of methoxy groups -OCH3 is 2. The highest BCUT2D eigenvalue weighted by atomic mass is 19.1. The van der Waals surface area contributed by atoms with Gasteiger partial charge in [0.05, 0.1) is 33.2 Å². The lowest BCUT2D eigenvalue weighted by Gasteiger charge is -2.36. The number of hydrogen-bond donors (Lipinski definition) is 1. The van der Waals surface area contributed by atoms with Gasteiger partial charge in [-0.2, -0.15) is 0 Å². The van der Waals surface area contributed by atoms with Gasteiger partial charge in [-0.05, 0) is 101 Å². The van der Waals surface area contributed by atoms with E-state index < -0.39 is 58.8 Å². The number of nitrogens with zero attached hydrogens (tertiary/aromatic N) is 3. The first kappa shape index (κ1) is 46.1. The molecule has 0 spiro atoms. The number of amides is 3. The van der Waals surface area contributed by atoms with Crippen LogP contribution in [0.15, 0.2) is 0 Å². The number of ether oxygens (including phenoxy) is 5. The lowest BCUT2D eigenvalue weighted by molar-refractivity contribution is -0.158. The molecule has 300 valence electrons. The molecule has 3 saturated heterocycles. The first-order valence-electron chi connectivity index (χ1n) is 17.4. The fourth-order valence-electron chi connectivity index (χ4n) is 5.34. The molecule has 3 amide bonds. The summed E-state index contributed by atoms with van der Waals surface area (Å²) in [6, 6.07) is 0. The molecule has 15 nitrogen and oxygen atoms in total. The summed E-state index contributed by atoms with van der Waals surface area (Å²) in [5.74, 6) is -2.93. The van der Waals surface area contributed by atoms with Crippen LogP contribution in [0.1, 0.15) is 101 Å². The normalized spacial score (nSPS) is 23.7. The number of carbonyl (C=O) groups is 6. The predicted octanol–water partition coefficient (Wildman–Crippen LogP) is 5.52. The highest BCUT2D eigenvalue weighted by molar-refractivity contribution is 5.81. The van der Waals surface area contributed by atoms with Crippen LogP contribution in [-0.4, -0.2) is 138 Å². The zero-order valence-corrected chi connectivity index (χ0v) is 32.6. The van der Waals surface area contributed by atoms with E-state index in [0.717, 1.165) is 24.9 Å². The number of rotatable bonds is 3. The number of alkyl halides is 2. The molecule has 3 aliphatic rings. The Balaban J connectivity index is 0.000000390. The zero-order chi connectivity index (χ0) is 40.3. The summed E-state index contributed by atoms with van der Waals surface area (Å²) in [5.41, 5.74) is -6.29. The van der Waals surface area contributed by atoms with Crippen molar-refractivity contribution in [1.82, 2.24) is 14.7 Å². The van der Waals surface area contributed by atoms with Crippen LogP contribution >= 0.6 is 0 Å². The summed E-state index contributed by atoms with van der Waals surface area (Å²) in [5, 5.41) is 8.78. The SMILES string of the molecule is CC(C)(C)OC(=O)N1CCCC(F)(C(=O)O)C1.COC(=O)C1(F)CCCN(C(=O)OC(C)(C)C)C1.COC(=O)C1CCCN(C(=O)OC(C)(C)C)C1. The van der Waals surface area contributed by atoms with Gasteiger partial charge in [0.25, 0.3) is 0 Å². The Labute approximate surface area is 305 Å². The number of hydrogen-bond acceptors (Lipinski definition) is 11. The molecule has 17 heteroatoms. The van der Waals surface area contributed by atoms with Crippen LogP contribution in [-0.2, 0) is 38.1 Å². The first-order chi connectivity index (χ1) is 23.6. The minimum absolute atomic E-state index is 0.0678. The minimum atomic E-state index is -2.35. The monoisotopic (exact) mass is 751 g/mol. The standard InChI is InChI=1S/C12H20FNO4.C12H21NO4.C11H18FNO4/c1-11(2,3)18-10(16)14-7-5-6-12(13,8-14)9(15)17-4;1-12(2,3)17-11(15)13-7-5-6-9(8-13)10(14)16-4;1-10(2,3)17-9(16)13-6-4-5-11(12,7-13)8(14)15/h5-8H2,1-4H3;9H,5-8H2,1-4H3;4-7H2,1-3H3,(H,14,15). The van der Waals surface area contributed by atoms with Gasteiger partial charge in [-0.25, -0.2) is 32.8 Å². The minimum Gasteiger partial charge on any atom is -0.479 e. The van der Waals surface area contributed by atoms with Crippen molar-refractivity contribution >= 4 is 36.2 Å². The van der Waals surface area contributed by atoms with Crippen molar-refractivity contribution < 1.29 is 66.3 Å². The van der Waals surface area contributed by atoms with Gasteiger partial charge in [-0.1, -0.05) is 0 Å². The highest BCUT2D eigenvalue weighted by Crippen LogP contribution is 2.29. The quantitative estimate of drug-likeness (QED) is 0.283. The van der Waals surface area contributed by atoms with Gasteiger partial charge < -0.3 is 43.5 Å². The number of likely N-dealkylation sites (tertiary alicyclic amines) is 3. The van der Waals surface area contributed by atoms with Crippen LogP contribution in [0.5, 0.6) is 0 Å². The van der Waals surface area contributed by atoms with Crippen LogP contribution in [0.3, 0.4) is 0 Å². The van der Waals surface area contributed by atoms with E-state index in [1.165, 1.54) is 12.0 Å². The molecule has 3 atom stereocenters. The summed E-state index contributed by atoms with van der Waals surface area (Å²) >= 11 is 0. The summed E-state index contributed by atoms with van der Waals surface area (Å²) in [7, 11) is 2.50. The van der Waals surface area contributed by atoms with Crippen LogP contribution < -0.4 is 0 Å². The number of aliphatic carboxylic acids is 1. The van der Waals surface area contributed by atoms with Crippen LogP contribution in [0, 0.1) is 5.92 Å². The van der Waals surface area contributed by atoms with Gasteiger partial charge in [-0.3, -0.25) is 4.79 Å². The van der Waals surface area contributed by atoms with Gasteiger partial charge in [0.2, 0.25) is 11.3 Å². The Morgan fingerprint density at radius 1 is 0.615 bits per heavy atom. The summed E-state index contributed by atoms with van der Waals surface area (Å²) in [4.78, 5) is 72.8. The lowest BCUT2D eigenvalue weighted by atomic mass is 9.95. The maximum atomic E-state index is 14.3. The van der Waals surface area contributed by atoms with Crippen LogP contribution in [0.4, 0.5) is 23.2 Å². The fraction of sp³-hybridized carbons (Fsp3) is 0.829. The second-order valence-electron chi connectivity index (χ2n) is 16.0. The van der Waals surface area contributed by atoms with Crippen molar-refractivity contribution in [3.63, 3.8) is 0 Å². The maximum Gasteiger partial charge on any atom is 0.410 e. The molecule has 52 heavy (non-hydrogen) atoms. The fourth-order valence-corrected chi connectivity index (χ4v) is 5.34. The number of carboxylic acids is 1. The summed E-state index contributed by atoms with van der Waals surface area (Å²) in [6.07, 6.45) is 0.679. The van der Waals surface area contributed by atoms with Crippen LogP contribution in [0.2, 0.25) is 0 Å². The number of carbonyl (C=O) groups excluding carboxylic acids is 5. The smallest absolute Gasteiger partial charge is 0.410 e. The van der Waals surface area contributed by atoms with Crippen molar-refractivity contribution in [2.45, 2.75) is 129 Å². The molecule has 0 radical (unpaired) electrons. The molecule has 3 aliphatic heterocycles. The van der Waals surface area contributed by atoms with E-state index in [-0.39, 0.29) is 37.4 Å². The third kappa shape index (κ3) is 15.8. The van der Waals surface area contributed by atoms with Crippen molar-refractivity contribution in [3.05, 3.63) is 0 Å². The molecule has 0 aliphatic carbocycles. The third-order valence-electron chi connectivity index (χ3n) is 7.73. The molecule has 3 unspecified atom stereocenters. The molecule has 0 aromatic heterocycles. The second kappa shape index (κ2) is 18.7. The lowest BCUT2D eigenvalue weighted by Crippen LogP contribution is -2.53. The van der Waals surface area contributed by atoms with Gasteiger partial charge in [0.15, 0.2) is 0 Å². The van der Waals surface area contributed by atoms with E-state index in [1.54, 1.807) is 46.4 Å². The van der Waals surface area contributed by atoms with E-state index in [2.05, 4.69) is 4.74 Å². The molecule has 1 N–H and O–H groups in total. The molecular formula is C35H59F2N3O12. The molecule has 0 aromatic carbocycles.